The monoisotopic (exact) mass is 263 g/mol. The minimum atomic E-state index is -4.43. The molecule has 0 aromatic carbocycles. The summed E-state index contributed by atoms with van der Waals surface area (Å²) < 4.78 is 41.9. The highest BCUT2D eigenvalue weighted by molar-refractivity contribution is 5.25. The SMILES string of the molecule is CC(C)c1ncc(OC(C)C(F)(F)F)c(CN)n1. The van der Waals surface area contributed by atoms with Crippen LogP contribution < -0.4 is 10.5 Å². The van der Waals surface area contributed by atoms with Crippen molar-refractivity contribution in [3.63, 3.8) is 0 Å². The summed E-state index contributed by atoms with van der Waals surface area (Å²) in [5.74, 6) is 0.582. The molecule has 0 bridgehead atoms. The van der Waals surface area contributed by atoms with Crippen molar-refractivity contribution in [1.29, 1.82) is 0 Å². The molecule has 0 aliphatic heterocycles. The van der Waals surface area contributed by atoms with Crippen molar-refractivity contribution in [2.24, 2.45) is 5.73 Å². The van der Waals surface area contributed by atoms with Crippen LogP contribution in [0, 0.1) is 0 Å². The maximum absolute atomic E-state index is 12.4. The molecule has 1 aromatic rings. The summed E-state index contributed by atoms with van der Waals surface area (Å²) in [4.78, 5) is 8.06. The Hall–Kier alpha value is -1.37. The lowest BCUT2D eigenvalue weighted by Gasteiger charge is -2.19. The average molecular weight is 263 g/mol. The maximum Gasteiger partial charge on any atom is 0.425 e. The molecule has 18 heavy (non-hydrogen) atoms. The Kier molecular flexibility index (Phi) is 4.50. The lowest BCUT2D eigenvalue weighted by atomic mass is 10.2. The minimum Gasteiger partial charge on any atom is -0.478 e. The number of hydrogen-bond donors (Lipinski definition) is 1. The van der Waals surface area contributed by atoms with Crippen molar-refractivity contribution in [2.75, 3.05) is 0 Å². The Labute approximate surface area is 103 Å². The second kappa shape index (κ2) is 5.51. The summed E-state index contributed by atoms with van der Waals surface area (Å²) >= 11 is 0. The van der Waals surface area contributed by atoms with Crippen molar-refractivity contribution >= 4 is 0 Å². The van der Waals surface area contributed by atoms with E-state index in [1.54, 1.807) is 0 Å². The molecule has 1 heterocycles. The van der Waals surface area contributed by atoms with Crippen LogP contribution in [0.15, 0.2) is 6.20 Å². The average Bonchev–Trinajstić information content (AvgIpc) is 2.27. The zero-order valence-corrected chi connectivity index (χ0v) is 10.5. The predicted molar refractivity (Wildman–Crippen MR) is 60.2 cm³/mol. The first-order chi connectivity index (χ1) is 8.25. The third-order valence-corrected chi connectivity index (χ3v) is 2.32. The molecule has 0 saturated carbocycles. The number of hydrogen-bond acceptors (Lipinski definition) is 4. The standard InChI is InChI=1S/C11H16F3N3O/c1-6(2)10-16-5-9(8(4-15)17-10)18-7(3)11(12,13)14/h5-7H,4,15H2,1-3H3. The topological polar surface area (TPSA) is 61.0 Å². The fraction of sp³-hybridized carbons (Fsp3) is 0.636. The molecule has 2 N–H and O–H groups in total. The number of nitrogens with two attached hydrogens (primary N) is 1. The molecule has 7 heteroatoms. The van der Waals surface area contributed by atoms with E-state index >= 15 is 0 Å². The zero-order chi connectivity index (χ0) is 13.9. The van der Waals surface area contributed by atoms with Crippen LogP contribution >= 0.6 is 0 Å². The van der Waals surface area contributed by atoms with Crippen LogP contribution in [0.2, 0.25) is 0 Å². The van der Waals surface area contributed by atoms with E-state index < -0.39 is 12.3 Å². The Morgan fingerprint density at radius 2 is 1.94 bits per heavy atom. The molecule has 0 radical (unpaired) electrons. The molecule has 4 nitrogen and oxygen atoms in total. The van der Waals surface area contributed by atoms with E-state index in [1.165, 1.54) is 6.20 Å². The maximum atomic E-state index is 12.4. The molecule has 1 rings (SSSR count). The van der Waals surface area contributed by atoms with Gasteiger partial charge in [0.05, 0.1) is 11.9 Å². The summed E-state index contributed by atoms with van der Waals surface area (Å²) in [7, 11) is 0. The number of nitrogens with zero attached hydrogens (tertiary/aromatic N) is 2. The van der Waals surface area contributed by atoms with E-state index in [-0.39, 0.29) is 23.9 Å². The Balaban J connectivity index is 2.96. The van der Waals surface area contributed by atoms with Gasteiger partial charge in [-0.3, -0.25) is 0 Å². The first-order valence-corrected chi connectivity index (χ1v) is 5.55. The van der Waals surface area contributed by atoms with Crippen LogP contribution in [0.1, 0.15) is 38.2 Å². The molecule has 1 atom stereocenters. The van der Waals surface area contributed by atoms with Crippen molar-refractivity contribution in [3.05, 3.63) is 17.7 Å². The predicted octanol–water partition coefficient (Wildman–Crippen LogP) is 2.39. The lowest BCUT2D eigenvalue weighted by Crippen LogP contribution is -2.31. The minimum absolute atomic E-state index is 0.00213. The highest BCUT2D eigenvalue weighted by Crippen LogP contribution is 2.26. The third kappa shape index (κ3) is 3.56. The molecular weight excluding hydrogens is 247 g/mol. The van der Waals surface area contributed by atoms with Gasteiger partial charge >= 0.3 is 6.18 Å². The van der Waals surface area contributed by atoms with E-state index in [9.17, 15) is 13.2 Å². The number of ether oxygens (including phenoxy) is 1. The highest BCUT2D eigenvalue weighted by Gasteiger charge is 2.38. The van der Waals surface area contributed by atoms with Crippen LogP contribution in [0.5, 0.6) is 5.75 Å². The second-order valence-corrected chi connectivity index (χ2v) is 4.20. The van der Waals surface area contributed by atoms with Gasteiger partial charge in [-0.15, -0.1) is 0 Å². The molecule has 102 valence electrons. The lowest BCUT2D eigenvalue weighted by molar-refractivity contribution is -0.189. The molecular formula is C11H16F3N3O. The van der Waals surface area contributed by atoms with Crippen LogP contribution in [0.3, 0.4) is 0 Å². The molecule has 1 unspecified atom stereocenters. The van der Waals surface area contributed by atoms with Crippen LogP contribution in [-0.2, 0) is 6.54 Å². The van der Waals surface area contributed by atoms with Gasteiger partial charge in [0.1, 0.15) is 5.82 Å². The van der Waals surface area contributed by atoms with Gasteiger partial charge < -0.3 is 10.5 Å². The van der Waals surface area contributed by atoms with Crippen molar-refractivity contribution < 1.29 is 17.9 Å². The molecule has 0 spiro atoms. The normalized spacial score (nSPS) is 13.8. The summed E-state index contributed by atoms with van der Waals surface area (Å²) in [6, 6.07) is 0. The van der Waals surface area contributed by atoms with E-state index in [0.29, 0.717) is 5.82 Å². The van der Waals surface area contributed by atoms with Crippen LogP contribution in [0.4, 0.5) is 13.2 Å². The molecule has 0 aliphatic rings. The second-order valence-electron chi connectivity index (χ2n) is 4.20. The van der Waals surface area contributed by atoms with Gasteiger partial charge in [-0.05, 0) is 6.92 Å². The van der Waals surface area contributed by atoms with E-state index in [4.69, 9.17) is 10.5 Å². The van der Waals surface area contributed by atoms with Gasteiger partial charge in [0, 0.05) is 12.5 Å². The fourth-order valence-electron chi connectivity index (χ4n) is 1.20. The summed E-state index contributed by atoms with van der Waals surface area (Å²) in [5.41, 5.74) is 5.74. The molecule has 0 aliphatic carbocycles. The number of halogens is 3. The highest BCUT2D eigenvalue weighted by atomic mass is 19.4. The molecule has 0 amide bonds. The van der Waals surface area contributed by atoms with Crippen molar-refractivity contribution in [2.45, 2.75) is 45.5 Å². The summed E-state index contributed by atoms with van der Waals surface area (Å²) in [6.45, 7) is 4.70. The number of aromatic nitrogens is 2. The Bertz CT molecular complexity index is 407. The van der Waals surface area contributed by atoms with Gasteiger partial charge in [0.2, 0.25) is 0 Å². The number of rotatable bonds is 4. The van der Waals surface area contributed by atoms with Gasteiger partial charge in [0.15, 0.2) is 11.9 Å². The fourth-order valence-corrected chi connectivity index (χ4v) is 1.20. The summed E-state index contributed by atoms with van der Waals surface area (Å²) in [5, 5.41) is 0. The van der Waals surface area contributed by atoms with Gasteiger partial charge in [-0.1, -0.05) is 13.8 Å². The summed E-state index contributed by atoms with van der Waals surface area (Å²) in [6.07, 6.45) is -5.11. The Morgan fingerprint density at radius 1 is 1.33 bits per heavy atom. The zero-order valence-electron chi connectivity index (χ0n) is 10.5. The van der Waals surface area contributed by atoms with Gasteiger partial charge in [0.25, 0.3) is 0 Å². The van der Waals surface area contributed by atoms with Gasteiger partial charge in [-0.25, -0.2) is 9.97 Å². The van der Waals surface area contributed by atoms with E-state index in [2.05, 4.69) is 9.97 Å². The molecule has 1 aromatic heterocycles. The van der Waals surface area contributed by atoms with Crippen LogP contribution in [-0.4, -0.2) is 22.2 Å². The molecule has 0 fully saturated rings. The van der Waals surface area contributed by atoms with Crippen molar-refractivity contribution in [1.82, 2.24) is 9.97 Å². The number of alkyl halides is 3. The smallest absolute Gasteiger partial charge is 0.425 e. The van der Waals surface area contributed by atoms with E-state index in [0.717, 1.165) is 6.92 Å². The van der Waals surface area contributed by atoms with Gasteiger partial charge in [-0.2, -0.15) is 13.2 Å². The van der Waals surface area contributed by atoms with Crippen LogP contribution in [0.25, 0.3) is 0 Å². The van der Waals surface area contributed by atoms with Crippen molar-refractivity contribution in [3.8, 4) is 5.75 Å². The Morgan fingerprint density at radius 3 is 2.39 bits per heavy atom. The third-order valence-electron chi connectivity index (χ3n) is 2.32. The quantitative estimate of drug-likeness (QED) is 0.906. The van der Waals surface area contributed by atoms with E-state index in [1.807, 2.05) is 13.8 Å². The first-order valence-electron chi connectivity index (χ1n) is 5.55. The first kappa shape index (κ1) is 14.7. The molecule has 0 saturated heterocycles. The largest absolute Gasteiger partial charge is 0.478 e.